The van der Waals surface area contributed by atoms with Gasteiger partial charge in [0, 0.05) is 38.3 Å². The van der Waals surface area contributed by atoms with E-state index >= 15 is 0 Å². The highest BCUT2D eigenvalue weighted by Gasteiger charge is 2.43. The fourth-order valence-electron chi connectivity index (χ4n) is 3.88. The standard InChI is InChI=1S/C18H23N3O4/c1-13-9-15(20-25-13)11-21-6-5-18(12-21)10-14(4-8-24-18)19-17(22)16-3-2-7-23-16/h2-3,7,9,14H,4-6,8,10-12H2,1H3,(H,19,22)/t14-,18+/m1/s1. The van der Waals surface area contributed by atoms with Gasteiger partial charge in [-0.15, -0.1) is 0 Å². The van der Waals surface area contributed by atoms with Gasteiger partial charge in [0.1, 0.15) is 5.76 Å². The summed E-state index contributed by atoms with van der Waals surface area (Å²) in [7, 11) is 0. The molecule has 134 valence electrons. The lowest BCUT2D eigenvalue weighted by molar-refractivity contribution is -0.0794. The van der Waals surface area contributed by atoms with Crippen LogP contribution in [0.4, 0.5) is 0 Å². The first-order valence-electron chi connectivity index (χ1n) is 8.75. The number of carbonyl (C=O) groups is 1. The highest BCUT2D eigenvalue weighted by molar-refractivity contribution is 5.91. The largest absolute Gasteiger partial charge is 0.459 e. The van der Waals surface area contributed by atoms with Crippen LogP contribution in [0.1, 0.15) is 41.3 Å². The fourth-order valence-corrected chi connectivity index (χ4v) is 3.88. The second-order valence-corrected chi connectivity index (χ2v) is 7.06. The number of rotatable bonds is 4. The van der Waals surface area contributed by atoms with Crippen molar-refractivity contribution in [2.45, 2.75) is 44.4 Å². The Morgan fingerprint density at radius 1 is 1.52 bits per heavy atom. The van der Waals surface area contributed by atoms with E-state index in [9.17, 15) is 4.79 Å². The van der Waals surface area contributed by atoms with Crippen LogP contribution in [0.5, 0.6) is 0 Å². The molecule has 7 heteroatoms. The highest BCUT2D eigenvalue weighted by Crippen LogP contribution is 2.35. The minimum absolute atomic E-state index is 0.112. The second kappa shape index (κ2) is 6.65. The molecule has 2 atom stereocenters. The molecule has 2 saturated heterocycles. The number of nitrogens with zero attached hydrogens (tertiary/aromatic N) is 2. The molecule has 2 aliphatic rings. The zero-order valence-electron chi connectivity index (χ0n) is 14.4. The Balaban J connectivity index is 1.35. The Morgan fingerprint density at radius 3 is 3.20 bits per heavy atom. The molecule has 2 aliphatic heterocycles. The quantitative estimate of drug-likeness (QED) is 0.914. The van der Waals surface area contributed by atoms with Crippen molar-refractivity contribution in [3.8, 4) is 0 Å². The zero-order chi connectivity index (χ0) is 17.3. The summed E-state index contributed by atoms with van der Waals surface area (Å²) in [5, 5.41) is 7.15. The van der Waals surface area contributed by atoms with Crippen LogP contribution in [0.3, 0.4) is 0 Å². The maximum atomic E-state index is 12.2. The van der Waals surface area contributed by atoms with Crippen LogP contribution in [-0.4, -0.2) is 47.3 Å². The summed E-state index contributed by atoms with van der Waals surface area (Å²) in [6.45, 7) is 5.15. The molecule has 0 saturated carbocycles. The lowest BCUT2D eigenvalue weighted by atomic mass is 9.89. The van der Waals surface area contributed by atoms with Gasteiger partial charge in [0.25, 0.3) is 5.91 Å². The highest BCUT2D eigenvalue weighted by atomic mass is 16.5. The number of nitrogens with one attached hydrogen (secondary N) is 1. The predicted molar refractivity (Wildman–Crippen MR) is 89.0 cm³/mol. The Labute approximate surface area is 146 Å². The molecule has 0 bridgehead atoms. The lowest BCUT2D eigenvalue weighted by Gasteiger charge is -2.38. The van der Waals surface area contributed by atoms with Crippen molar-refractivity contribution >= 4 is 5.91 Å². The minimum Gasteiger partial charge on any atom is -0.459 e. The number of hydrogen-bond donors (Lipinski definition) is 1. The molecule has 0 unspecified atom stereocenters. The molecule has 2 aromatic heterocycles. The van der Waals surface area contributed by atoms with Gasteiger partial charge in [-0.25, -0.2) is 0 Å². The fraction of sp³-hybridized carbons (Fsp3) is 0.556. The van der Waals surface area contributed by atoms with E-state index in [1.165, 1.54) is 6.26 Å². The zero-order valence-corrected chi connectivity index (χ0v) is 14.4. The van der Waals surface area contributed by atoms with Crippen LogP contribution in [0.2, 0.25) is 0 Å². The van der Waals surface area contributed by atoms with Gasteiger partial charge >= 0.3 is 0 Å². The number of aromatic nitrogens is 1. The molecule has 1 amide bonds. The van der Waals surface area contributed by atoms with Crippen molar-refractivity contribution < 1.29 is 18.5 Å². The van der Waals surface area contributed by atoms with E-state index in [0.717, 1.165) is 50.4 Å². The summed E-state index contributed by atoms with van der Waals surface area (Å²) in [5.41, 5.74) is 0.769. The van der Waals surface area contributed by atoms with Crippen LogP contribution in [0.25, 0.3) is 0 Å². The van der Waals surface area contributed by atoms with Gasteiger partial charge in [-0.3, -0.25) is 9.69 Å². The molecule has 4 rings (SSSR count). The summed E-state index contributed by atoms with van der Waals surface area (Å²) in [5.74, 6) is 1.04. The van der Waals surface area contributed by atoms with Gasteiger partial charge < -0.3 is 19.0 Å². The van der Waals surface area contributed by atoms with E-state index in [0.29, 0.717) is 12.4 Å². The van der Waals surface area contributed by atoms with E-state index in [-0.39, 0.29) is 17.6 Å². The molecule has 0 aromatic carbocycles. The number of furan rings is 1. The van der Waals surface area contributed by atoms with Gasteiger partial charge in [-0.1, -0.05) is 5.16 Å². The van der Waals surface area contributed by atoms with Crippen LogP contribution < -0.4 is 5.32 Å². The van der Waals surface area contributed by atoms with Crippen molar-refractivity contribution in [3.63, 3.8) is 0 Å². The van der Waals surface area contributed by atoms with Crippen LogP contribution in [-0.2, 0) is 11.3 Å². The summed E-state index contributed by atoms with van der Waals surface area (Å²) < 4.78 is 16.5. The summed E-state index contributed by atoms with van der Waals surface area (Å²) in [6, 6.07) is 5.49. The molecule has 4 heterocycles. The normalized spacial score (nSPS) is 27.0. The van der Waals surface area contributed by atoms with Crippen molar-refractivity contribution in [1.29, 1.82) is 0 Å². The third-order valence-electron chi connectivity index (χ3n) is 5.03. The van der Waals surface area contributed by atoms with E-state index in [4.69, 9.17) is 13.7 Å². The van der Waals surface area contributed by atoms with Crippen molar-refractivity contribution in [3.05, 3.63) is 41.7 Å². The molecular formula is C18H23N3O4. The van der Waals surface area contributed by atoms with Gasteiger partial charge in [-0.2, -0.15) is 0 Å². The first-order chi connectivity index (χ1) is 12.1. The number of carbonyl (C=O) groups excluding carboxylic acids is 1. The molecule has 1 spiro atoms. The molecule has 0 radical (unpaired) electrons. The van der Waals surface area contributed by atoms with Crippen molar-refractivity contribution in [2.75, 3.05) is 19.7 Å². The SMILES string of the molecule is Cc1cc(CN2CC[C@]3(C[C@H](NC(=O)c4ccco4)CCO3)C2)no1. The number of aryl methyl sites for hydroxylation is 1. The lowest BCUT2D eigenvalue weighted by Crippen LogP contribution is -2.49. The Morgan fingerprint density at radius 2 is 2.44 bits per heavy atom. The Kier molecular flexibility index (Phi) is 4.35. The van der Waals surface area contributed by atoms with E-state index in [1.807, 2.05) is 13.0 Å². The Bertz CT molecular complexity index is 727. The van der Waals surface area contributed by atoms with Crippen LogP contribution >= 0.6 is 0 Å². The summed E-state index contributed by atoms with van der Waals surface area (Å²) in [6.07, 6.45) is 4.14. The number of amides is 1. The number of hydrogen-bond acceptors (Lipinski definition) is 6. The molecule has 7 nitrogen and oxygen atoms in total. The maximum absolute atomic E-state index is 12.2. The molecule has 25 heavy (non-hydrogen) atoms. The van der Waals surface area contributed by atoms with Crippen molar-refractivity contribution in [1.82, 2.24) is 15.4 Å². The number of likely N-dealkylation sites (tertiary alicyclic amines) is 1. The second-order valence-electron chi connectivity index (χ2n) is 7.06. The molecule has 2 fully saturated rings. The first-order valence-corrected chi connectivity index (χ1v) is 8.75. The van der Waals surface area contributed by atoms with E-state index in [1.54, 1.807) is 12.1 Å². The van der Waals surface area contributed by atoms with E-state index in [2.05, 4.69) is 15.4 Å². The minimum atomic E-state index is -0.182. The Hall–Kier alpha value is -2.12. The van der Waals surface area contributed by atoms with Crippen LogP contribution in [0.15, 0.2) is 33.4 Å². The molecule has 0 aliphatic carbocycles. The third kappa shape index (κ3) is 3.62. The number of ether oxygens (including phenoxy) is 1. The molecular weight excluding hydrogens is 322 g/mol. The van der Waals surface area contributed by atoms with Crippen LogP contribution in [0, 0.1) is 6.92 Å². The average Bonchev–Trinajstić information content (AvgIpc) is 3.31. The monoisotopic (exact) mass is 345 g/mol. The van der Waals surface area contributed by atoms with E-state index < -0.39 is 0 Å². The maximum Gasteiger partial charge on any atom is 0.287 e. The van der Waals surface area contributed by atoms with Gasteiger partial charge in [-0.05, 0) is 38.3 Å². The topological polar surface area (TPSA) is 80.7 Å². The average molecular weight is 345 g/mol. The first kappa shape index (κ1) is 16.4. The summed E-state index contributed by atoms with van der Waals surface area (Å²) in [4.78, 5) is 14.6. The van der Waals surface area contributed by atoms with Gasteiger partial charge in [0.2, 0.25) is 0 Å². The van der Waals surface area contributed by atoms with Gasteiger partial charge in [0.05, 0.1) is 17.6 Å². The molecule has 2 aromatic rings. The summed E-state index contributed by atoms with van der Waals surface area (Å²) >= 11 is 0. The van der Waals surface area contributed by atoms with Gasteiger partial charge in [0.15, 0.2) is 5.76 Å². The predicted octanol–water partition coefficient (Wildman–Crippen LogP) is 2.13. The van der Waals surface area contributed by atoms with Crippen molar-refractivity contribution in [2.24, 2.45) is 0 Å². The third-order valence-corrected chi connectivity index (χ3v) is 5.03. The molecule has 1 N–H and O–H groups in total. The smallest absolute Gasteiger partial charge is 0.287 e.